The fourth-order valence-corrected chi connectivity index (χ4v) is 4.30. The van der Waals surface area contributed by atoms with Gasteiger partial charge in [0.25, 0.3) is 5.91 Å². The van der Waals surface area contributed by atoms with E-state index >= 15 is 0 Å². The first kappa shape index (κ1) is 18.7. The lowest BCUT2D eigenvalue weighted by molar-refractivity contribution is 0.0606. The standard InChI is InChI=1S/C18H20ClN3O3S/c1-25-17(24)14-15(19)21-18(26-14)22-10-6-5-9-13(22)11-20-16(23)12-7-3-2-4-8-12/h2-4,7-8,13H,5-6,9-11H2,1H3,(H,20,23). The van der Waals surface area contributed by atoms with Crippen LogP contribution in [0, 0.1) is 0 Å². The first-order chi connectivity index (χ1) is 12.6. The lowest BCUT2D eigenvalue weighted by atomic mass is 10.0. The van der Waals surface area contributed by atoms with Crippen LogP contribution in [0.25, 0.3) is 0 Å². The minimum absolute atomic E-state index is 0.0939. The molecule has 0 radical (unpaired) electrons. The number of aromatic nitrogens is 1. The molecule has 1 fully saturated rings. The third kappa shape index (κ3) is 4.16. The molecule has 1 atom stereocenters. The first-order valence-electron chi connectivity index (χ1n) is 8.44. The van der Waals surface area contributed by atoms with Gasteiger partial charge in [-0.2, -0.15) is 0 Å². The normalized spacial score (nSPS) is 17.0. The molecule has 0 saturated carbocycles. The Morgan fingerprint density at radius 1 is 1.35 bits per heavy atom. The summed E-state index contributed by atoms with van der Waals surface area (Å²) in [6, 6.07) is 9.25. The summed E-state index contributed by atoms with van der Waals surface area (Å²) in [4.78, 5) is 30.8. The third-order valence-electron chi connectivity index (χ3n) is 4.35. The van der Waals surface area contributed by atoms with Gasteiger partial charge in [-0.15, -0.1) is 0 Å². The highest BCUT2D eigenvalue weighted by Crippen LogP contribution is 2.33. The van der Waals surface area contributed by atoms with Gasteiger partial charge in [-0.1, -0.05) is 41.1 Å². The van der Waals surface area contributed by atoms with Crippen LogP contribution in [0.1, 0.15) is 39.3 Å². The summed E-state index contributed by atoms with van der Waals surface area (Å²) in [6.07, 6.45) is 3.07. The third-order valence-corrected chi connectivity index (χ3v) is 5.81. The molecule has 1 N–H and O–H groups in total. The Morgan fingerprint density at radius 3 is 2.85 bits per heavy atom. The zero-order valence-electron chi connectivity index (χ0n) is 14.4. The molecule has 2 heterocycles. The van der Waals surface area contributed by atoms with Crippen LogP contribution in [0.2, 0.25) is 5.15 Å². The van der Waals surface area contributed by atoms with E-state index in [0.717, 1.165) is 25.8 Å². The summed E-state index contributed by atoms with van der Waals surface area (Å²) < 4.78 is 4.74. The number of thiazole rings is 1. The molecule has 6 nitrogen and oxygen atoms in total. The molecule has 1 aromatic carbocycles. The number of amides is 1. The van der Waals surface area contributed by atoms with E-state index in [0.29, 0.717) is 22.1 Å². The summed E-state index contributed by atoms with van der Waals surface area (Å²) >= 11 is 7.32. The van der Waals surface area contributed by atoms with Gasteiger partial charge in [0.2, 0.25) is 0 Å². The minimum Gasteiger partial charge on any atom is -0.465 e. The number of halogens is 1. The number of piperidine rings is 1. The minimum atomic E-state index is -0.482. The number of rotatable bonds is 5. The number of hydrogen-bond donors (Lipinski definition) is 1. The van der Waals surface area contributed by atoms with Crippen molar-refractivity contribution >= 4 is 39.9 Å². The van der Waals surface area contributed by atoms with Crippen molar-refractivity contribution in [2.45, 2.75) is 25.3 Å². The molecule has 1 aliphatic heterocycles. The highest BCUT2D eigenvalue weighted by atomic mass is 35.5. The number of hydrogen-bond acceptors (Lipinski definition) is 6. The molecule has 2 aromatic rings. The molecule has 0 bridgehead atoms. The molecule has 8 heteroatoms. The van der Waals surface area contributed by atoms with Gasteiger partial charge in [0, 0.05) is 24.7 Å². The van der Waals surface area contributed by atoms with E-state index in [4.69, 9.17) is 16.3 Å². The Bertz CT molecular complexity index is 781. The van der Waals surface area contributed by atoms with Crippen molar-refractivity contribution in [3.8, 4) is 0 Å². The Kier molecular flexibility index (Phi) is 6.11. The van der Waals surface area contributed by atoms with Gasteiger partial charge >= 0.3 is 5.97 Å². The van der Waals surface area contributed by atoms with Crippen molar-refractivity contribution in [2.75, 3.05) is 25.1 Å². The van der Waals surface area contributed by atoms with E-state index in [1.807, 2.05) is 18.2 Å². The second-order valence-corrected chi connectivity index (χ2v) is 7.36. The molecule has 1 aliphatic rings. The SMILES string of the molecule is COC(=O)c1sc(N2CCCCC2CNC(=O)c2ccccc2)nc1Cl. The smallest absolute Gasteiger partial charge is 0.351 e. The molecular weight excluding hydrogens is 374 g/mol. The molecule has 1 unspecified atom stereocenters. The van der Waals surface area contributed by atoms with Crippen molar-refractivity contribution in [2.24, 2.45) is 0 Å². The number of nitrogens with zero attached hydrogens (tertiary/aromatic N) is 2. The number of anilines is 1. The highest BCUT2D eigenvalue weighted by molar-refractivity contribution is 7.18. The second-order valence-electron chi connectivity index (χ2n) is 6.03. The van der Waals surface area contributed by atoms with Crippen LogP contribution in [0.4, 0.5) is 5.13 Å². The van der Waals surface area contributed by atoms with Crippen LogP contribution in [-0.2, 0) is 4.74 Å². The maximum absolute atomic E-state index is 12.3. The predicted octanol–water partition coefficient (Wildman–Crippen LogP) is 3.37. The Balaban J connectivity index is 1.70. The van der Waals surface area contributed by atoms with E-state index in [9.17, 15) is 9.59 Å². The van der Waals surface area contributed by atoms with E-state index in [1.54, 1.807) is 12.1 Å². The average Bonchev–Trinajstić information content (AvgIpc) is 3.08. The summed E-state index contributed by atoms with van der Waals surface area (Å²) in [6.45, 7) is 1.33. The molecule has 26 heavy (non-hydrogen) atoms. The monoisotopic (exact) mass is 393 g/mol. The van der Waals surface area contributed by atoms with Crippen molar-refractivity contribution in [1.29, 1.82) is 0 Å². The largest absolute Gasteiger partial charge is 0.465 e. The van der Waals surface area contributed by atoms with E-state index in [-0.39, 0.29) is 17.1 Å². The van der Waals surface area contributed by atoms with Crippen molar-refractivity contribution in [3.05, 3.63) is 45.9 Å². The maximum Gasteiger partial charge on any atom is 0.351 e. The molecule has 1 aromatic heterocycles. The predicted molar refractivity (Wildman–Crippen MR) is 102 cm³/mol. The number of methoxy groups -OCH3 is 1. The molecule has 0 aliphatic carbocycles. The first-order valence-corrected chi connectivity index (χ1v) is 9.64. The van der Waals surface area contributed by atoms with Gasteiger partial charge in [-0.05, 0) is 31.4 Å². The second kappa shape index (κ2) is 8.51. The number of carbonyl (C=O) groups excluding carboxylic acids is 2. The number of nitrogens with one attached hydrogen (secondary N) is 1. The van der Waals surface area contributed by atoms with Crippen LogP contribution >= 0.6 is 22.9 Å². The summed E-state index contributed by atoms with van der Waals surface area (Å²) in [5, 5.41) is 3.85. The van der Waals surface area contributed by atoms with Gasteiger partial charge in [0.1, 0.15) is 0 Å². The van der Waals surface area contributed by atoms with E-state index in [1.165, 1.54) is 18.4 Å². The Morgan fingerprint density at radius 2 is 2.12 bits per heavy atom. The van der Waals surface area contributed by atoms with E-state index in [2.05, 4.69) is 15.2 Å². The number of carbonyl (C=O) groups is 2. The number of benzene rings is 1. The molecule has 3 rings (SSSR count). The topological polar surface area (TPSA) is 71.5 Å². The lowest BCUT2D eigenvalue weighted by Gasteiger charge is -2.35. The van der Waals surface area contributed by atoms with Crippen molar-refractivity contribution in [3.63, 3.8) is 0 Å². The zero-order chi connectivity index (χ0) is 18.5. The molecular formula is C18H20ClN3O3S. The number of esters is 1. The van der Waals surface area contributed by atoms with Crippen LogP contribution in [0.3, 0.4) is 0 Å². The zero-order valence-corrected chi connectivity index (χ0v) is 16.0. The van der Waals surface area contributed by atoms with E-state index < -0.39 is 5.97 Å². The quantitative estimate of drug-likeness (QED) is 0.788. The van der Waals surface area contributed by atoms with Crippen molar-refractivity contribution < 1.29 is 14.3 Å². The van der Waals surface area contributed by atoms with Crippen molar-refractivity contribution in [1.82, 2.24) is 10.3 Å². The van der Waals surface area contributed by atoms with Gasteiger partial charge in [0.05, 0.1) is 7.11 Å². The Hall–Kier alpha value is -2.12. The summed E-state index contributed by atoms with van der Waals surface area (Å²) in [5.41, 5.74) is 0.639. The highest BCUT2D eigenvalue weighted by Gasteiger charge is 2.28. The van der Waals surface area contributed by atoms with Crippen LogP contribution in [0.15, 0.2) is 30.3 Å². The molecule has 0 spiro atoms. The molecule has 1 saturated heterocycles. The maximum atomic E-state index is 12.3. The van der Waals surface area contributed by atoms with Crippen LogP contribution < -0.4 is 10.2 Å². The van der Waals surface area contributed by atoms with Crippen LogP contribution in [-0.4, -0.2) is 43.1 Å². The van der Waals surface area contributed by atoms with Gasteiger partial charge < -0.3 is 15.0 Å². The summed E-state index contributed by atoms with van der Waals surface area (Å²) in [7, 11) is 1.32. The fourth-order valence-electron chi connectivity index (χ4n) is 3.00. The van der Waals surface area contributed by atoms with Gasteiger partial charge in [0.15, 0.2) is 15.2 Å². The average molecular weight is 394 g/mol. The number of ether oxygens (including phenoxy) is 1. The summed E-state index contributed by atoms with van der Waals surface area (Å²) in [5.74, 6) is -0.576. The van der Waals surface area contributed by atoms with Gasteiger partial charge in [-0.3, -0.25) is 4.79 Å². The molecule has 138 valence electrons. The lowest BCUT2D eigenvalue weighted by Crippen LogP contribution is -2.46. The van der Waals surface area contributed by atoms with Gasteiger partial charge in [-0.25, -0.2) is 9.78 Å². The van der Waals surface area contributed by atoms with Crippen LogP contribution in [0.5, 0.6) is 0 Å². The Labute approximate surface area is 161 Å². The fraction of sp³-hybridized carbons (Fsp3) is 0.389. The molecule has 1 amide bonds.